The molecule has 0 saturated carbocycles. The molecule has 0 atom stereocenters. The van der Waals surface area contributed by atoms with E-state index in [-0.39, 0.29) is 11.6 Å². The second-order valence-corrected chi connectivity index (χ2v) is 9.31. The molecule has 0 unspecified atom stereocenters. The van der Waals surface area contributed by atoms with Gasteiger partial charge in [-0.15, -0.1) is 0 Å². The highest BCUT2D eigenvalue weighted by molar-refractivity contribution is 5.48. The van der Waals surface area contributed by atoms with Crippen molar-refractivity contribution < 1.29 is 8.78 Å². The summed E-state index contributed by atoms with van der Waals surface area (Å²) < 4.78 is 28.8. The Hall–Kier alpha value is -3.36. The van der Waals surface area contributed by atoms with E-state index < -0.39 is 0 Å². The van der Waals surface area contributed by atoms with E-state index in [1.165, 1.54) is 31.4 Å². The maximum Gasteiger partial charge on any atom is 0.127 e. The van der Waals surface area contributed by atoms with E-state index in [1.54, 1.807) is 0 Å². The number of hydrogen-bond donors (Lipinski definition) is 0. The van der Waals surface area contributed by atoms with Crippen LogP contribution in [-0.2, 0) is 12.8 Å². The van der Waals surface area contributed by atoms with Gasteiger partial charge in [0.2, 0.25) is 0 Å². The first-order valence-corrected chi connectivity index (χ1v) is 13.3. The van der Waals surface area contributed by atoms with Crippen LogP contribution in [0.5, 0.6) is 0 Å². The Kier molecular flexibility index (Phi) is 11.3. The van der Waals surface area contributed by atoms with E-state index >= 15 is 0 Å². The molecule has 3 aromatic rings. The maximum atomic E-state index is 14.4. The molecule has 186 valence electrons. The van der Waals surface area contributed by atoms with Gasteiger partial charge in [-0.05, 0) is 85.3 Å². The van der Waals surface area contributed by atoms with E-state index in [0.717, 1.165) is 67.2 Å². The molecule has 0 fully saturated rings. The van der Waals surface area contributed by atoms with Gasteiger partial charge in [0.25, 0.3) is 0 Å². The van der Waals surface area contributed by atoms with Crippen LogP contribution in [0.1, 0.15) is 98.6 Å². The standard InChI is InChI=1S/C34H36F2/c1-3-5-7-8-10-12-32-24-22-30(26-34(32)36)20-18-28-15-13-27(14-16-28)17-19-29-21-23-31(33(35)25-29)11-9-6-4-2/h13-16,21-26H,3-12H2,1-2H3. The van der Waals surface area contributed by atoms with Crippen LogP contribution in [0, 0.1) is 35.3 Å². The first-order chi connectivity index (χ1) is 17.6. The fourth-order valence-corrected chi connectivity index (χ4v) is 4.07. The van der Waals surface area contributed by atoms with Gasteiger partial charge in [0.05, 0.1) is 0 Å². The van der Waals surface area contributed by atoms with Gasteiger partial charge < -0.3 is 0 Å². The Morgan fingerprint density at radius 2 is 0.833 bits per heavy atom. The minimum atomic E-state index is -0.181. The third kappa shape index (κ3) is 9.02. The Bertz CT molecular complexity index is 1230. The van der Waals surface area contributed by atoms with E-state index in [9.17, 15) is 8.78 Å². The summed E-state index contributed by atoms with van der Waals surface area (Å²) in [6.45, 7) is 4.34. The lowest BCUT2D eigenvalue weighted by Crippen LogP contribution is -1.92. The molecule has 3 aromatic carbocycles. The second kappa shape index (κ2) is 14.9. The van der Waals surface area contributed by atoms with E-state index in [2.05, 4.69) is 37.5 Å². The molecule has 2 heteroatoms. The number of aryl methyl sites for hydroxylation is 2. The first kappa shape index (κ1) is 27.2. The average Bonchev–Trinajstić information content (AvgIpc) is 2.89. The van der Waals surface area contributed by atoms with Crippen LogP contribution in [0.4, 0.5) is 8.78 Å². The topological polar surface area (TPSA) is 0 Å². The van der Waals surface area contributed by atoms with Crippen molar-refractivity contribution in [1.82, 2.24) is 0 Å². The molecule has 0 heterocycles. The predicted molar refractivity (Wildman–Crippen MR) is 147 cm³/mol. The second-order valence-electron chi connectivity index (χ2n) is 9.31. The minimum Gasteiger partial charge on any atom is -0.207 e. The van der Waals surface area contributed by atoms with Crippen LogP contribution < -0.4 is 0 Å². The van der Waals surface area contributed by atoms with Crippen molar-refractivity contribution in [2.45, 2.75) is 78.1 Å². The van der Waals surface area contributed by atoms with Crippen LogP contribution in [0.15, 0.2) is 60.7 Å². The van der Waals surface area contributed by atoms with Crippen molar-refractivity contribution in [3.8, 4) is 23.7 Å². The molecule has 0 aliphatic carbocycles. The number of benzene rings is 3. The summed E-state index contributed by atoms with van der Waals surface area (Å²) in [7, 11) is 0. The third-order valence-electron chi connectivity index (χ3n) is 6.29. The third-order valence-corrected chi connectivity index (χ3v) is 6.29. The zero-order chi connectivity index (χ0) is 25.6. The van der Waals surface area contributed by atoms with Gasteiger partial charge in [-0.25, -0.2) is 8.78 Å². The maximum absolute atomic E-state index is 14.4. The molecule has 0 bridgehead atoms. The summed E-state index contributed by atoms with van der Waals surface area (Å²) in [5.41, 5.74) is 4.54. The lowest BCUT2D eigenvalue weighted by Gasteiger charge is -2.04. The monoisotopic (exact) mass is 482 g/mol. The van der Waals surface area contributed by atoms with Crippen molar-refractivity contribution in [2.24, 2.45) is 0 Å². The quantitative estimate of drug-likeness (QED) is 0.200. The van der Waals surface area contributed by atoms with E-state index in [4.69, 9.17) is 0 Å². The Labute approximate surface area is 216 Å². The number of unbranched alkanes of at least 4 members (excludes halogenated alkanes) is 6. The molecule has 0 spiro atoms. The number of hydrogen-bond acceptors (Lipinski definition) is 0. The Morgan fingerprint density at radius 1 is 0.472 bits per heavy atom. The molecule has 36 heavy (non-hydrogen) atoms. The number of rotatable bonds is 10. The van der Waals surface area contributed by atoms with Crippen LogP contribution in [0.2, 0.25) is 0 Å². The van der Waals surface area contributed by atoms with Crippen molar-refractivity contribution in [3.05, 3.63) is 106 Å². The molecule has 0 aromatic heterocycles. The number of halogens is 2. The molecule has 3 rings (SSSR count). The fraction of sp³-hybridized carbons (Fsp3) is 0.353. The summed E-state index contributed by atoms with van der Waals surface area (Å²) in [5, 5.41) is 0. The SMILES string of the molecule is CCCCCCCc1ccc(C#Cc2ccc(C#Cc3ccc(CCCCC)c(F)c3)cc2)cc1F. The highest BCUT2D eigenvalue weighted by Crippen LogP contribution is 2.15. The molecule has 0 radical (unpaired) electrons. The predicted octanol–water partition coefficient (Wildman–Crippen LogP) is 9.01. The van der Waals surface area contributed by atoms with Gasteiger partial charge in [0, 0.05) is 22.3 Å². The van der Waals surface area contributed by atoms with Crippen LogP contribution in [0.3, 0.4) is 0 Å². The van der Waals surface area contributed by atoms with Crippen molar-refractivity contribution >= 4 is 0 Å². The molecule has 0 aliphatic heterocycles. The van der Waals surface area contributed by atoms with E-state index in [1.807, 2.05) is 48.5 Å². The largest absolute Gasteiger partial charge is 0.207 e. The average molecular weight is 483 g/mol. The van der Waals surface area contributed by atoms with Gasteiger partial charge in [-0.3, -0.25) is 0 Å². The molecule has 0 aliphatic rings. The normalized spacial score (nSPS) is 10.3. The van der Waals surface area contributed by atoms with Gasteiger partial charge in [-0.1, -0.05) is 88.2 Å². The lowest BCUT2D eigenvalue weighted by atomic mass is 10.0. The van der Waals surface area contributed by atoms with Gasteiger partial charge in [0.15, 0.2) is 0 Å². The molecular weight excluding hydrogens is 446 g/mol. The summed E-state index contributed by atoms with van der Waals surface area (Å²) >= 11 is 0. The molecule has 0 amide bonds. The van der Waals surface area contributed by atoms with Gasteiger partial charge in [-0.2, -0.15) is 0 Å². The summed E-state index contributed by atoms with van der Waals surface area (Å²) in [6, 6.07) is 18.1. The van der Waals surface area contributed by atoms with Crippen molar-refractivity contribution in [2.75, 3.05) is 0 Å². The highest BCUT2D eigenvalue weighted by atomic mass is 19.1. The minimum absolute atomic E-state index is 0.173. The molecule has 0 nitrogen and oxygen atoms in total. The summed E-state index contributed by atoms with van der Waals surface area (Å²) in [5.74, 6) is 11.9. The summed E-state index contributed by atoms with van der Waals surface area (Å²) in [6.07, 6.45) is 10.7. The van der Waals surface area contributed by atoms with Crippen LogP contribution >= 0.6 is 0 Å². The molecule has 0 saturated heterocycles. The molecular formula is C34H36F2. The Balaban J connectivity index is 1.57. The first-order valence-electron chi connectivity index (χ1n) is 13.3. The van der Waals surface area contributed by atoms with Gasteiger partial charge in [0.1, 0.15) is 11.6 Å². The van der Waals surface area contributed by atoms with Gasteiger partial charge >= 0.3 is 0 Å². The summed E-state index contributed by atoms with van der Waals surface area (Å²) in [4.78, 5) is 0. The van der Waals surface area contributed by atoms with Crippen molar-refractivity contribution in [3.63, 3.8) is 0 Å². The van der Waals surface area contributed by atoms with E-state index in [0.29, 0.717) is 11.1 Å². The Morgan fingerprint density at radius 3 is 1.28 bits per heavy atom. The zero-order valence-corrected chi connectivity index (χ0v) is 21.6. The van der Waals surface area contributed by atoms with Crippen molar-refractivity contribution in [1.29, 1.82) is 0 Å². The smallest absolute Gasteiger partial charge is 0.127 e. The van der Waals surface area contributed by atoms with Crippen LogP contribution in [-0.4, -0.2) is 0 Å². The van der Waals surface area contributed by atoms with Crippen LogP contribution in [0.25, 0.3) is 0 Å². The highest BCUT2D eigenvalue weighted by Gasteiger charge is 2.04. The molecule has 0 N–H and O–H groups in total. The zero-order valence-electron chi connectivity index (χ0n) is 21.6. The fourth-order valence-electron chi connectivity index (χ4n) is 4.07. The lowest BCUT2D eigenvalue weighted by molar-refractivity contribution is 0.587.